The second-order valence-electron chi connectivity index (χ2n) is 3.41. The van der Waals surface area contributed by atoms with Crippen LogP contribution in [0, 0.1) is 0 Å². The van der Waals surface area contributed by atoms with Crippen LogP contribution in [-0.2, 0) is 6.61 Å². The van der Waals surface area contributed by atoms with E-state index in [9.17, 15) is 0 Å². The number of aliphatic hydroxyl groups is 1. The third-order valence-corrected chi connectivity index (χ3v) is 2.20. The van der Waals surface area contributed by atoms with E-state index >= 15 is 0 Å². The lowest BCUT2D eigenvalue weighted by Crippen LogP contribution is -2.08. The van der Waals surface area contributed by atoms with Gasteiger partial charge in [-0.2, -0.15) is 4.98 Å². The summed E-state index contributed by atoms with van der Waals surface area (Å²) >= 11 is 0. The highest BCUT2D eigenvalue weighted by Crippen LogP contribution is 2.20. The summed E-state index contributed by atoms with van der Waals surface area (Å²) in [5.74, 6) is 6.90. The molecular formula is C12H13N3O2. The van der Waals surface area contributed by atoms with Crippen LogP contribution in [0.3, 0.4) is 0 Å². The SMILES string of the molecule is NNc1cccc(Oc2ccc(CO)cc2)n1. The molecule has 1 aromatic heterocycles. The van der Waals surface area contributed by atoms with Gasteiger partial charge in [0, 0.05) is 6.07 Å². The van der Waals surface area contributed by atoms with Crippen LogP contribution in [0.2, 0.25) is 0 Å². The molecule has 0 aliphatic heterocycles. The van der Waals surface area contributed by atoms with E-state index in [0.29, 0.717) is 17.4 Å². The predicted molar refractivity (Wildman–Crippen MR) is 64.5 cm³/mol. The quantitative estimate of drug-likeness (QED) is 0.550. The largest absolute Gasteiger partial charge is 0.439 e. The first-order chi connectivity index (χ1) is 8.31. The van der Waals surface area contributed by atoms with Gasteiger partial charge in [-0.25, -0.2) is 5.84 Å². The number of anilines is 1. The highest BCUT2D eigenvalue weighted by molar-refractivity contribution is 5.37. The first-order valence-electron chi connectivity index (χ1n) is 5.13. The van der Waals surface area contributed by atoms with Crippen LogP contribution >= 0.6 is 0 Å². The number of benzene rings is 1. The fraction of sp³-hybridized carbons (Fsp3) is 0.0833. The standard InChI is InChI=1S/C12H13N3O2/c13-15-11-2-1-3-12(14-11)17-10-6-4-9(8-16)5-7-10/h1-7,16H,8,13H2,(H,14,15). The van der Waals surface area contributed by atoms with E-state index in [0.717, 1.165) is 5.56 Å². The van der Waals surface area contributed by atoms with Gasteiger partial charge in [0.15, 0.2) is 0 Å². The highest BCUT2D eigenvalue weighted by atomic mass is 16.5. The zero-order valence-corrected chi connectivity index (χ0v) is 9.13. The molecule has 2 aromatic rings. The summed E-state index contributed by atoms with van der Waals surface area (Å²) in [5, 5.41) is 8.91. The summed E-state index contributed by atoms with van der Waals surface area (Å²) in [5.41, 5.74) is 3.28. The van der Waals surface area contributed by atoms with Crippen molar-refractivity contribution in [1.82, 2.24) is 4.98 Å². The van der Waals surface area contributed by atoms with Crippen molar-refractivity contribution in [3.63, 3.8) is 0 Å². The van der Waals surface area contributed by atoms with Crippen LogP contribution in [0.25, 0.3) is 0 Å². The first-order valence-corrected chi connectivity index (χ1v) is 5.13. The monoisotopic (exact) mass is 231 g/mol. The molecule has 0 unspecified atom stereocenters. The van der Waals surface area contributed by atoms with E-state index in [1.54, 1.807) is 42.5 Å². The Bertz CT molecular complexity index is 485. The molecule has 0 amide bonds. The molecule has 0 saturated heterocycles. The number of nitrogens with two attached hydrogens (primary N) is 1. The topological polar surface area (TPSA) is 80.4 Å². The molecule has 5 heteroatoms. The number of rotatable bonds is 4. The van der Waals surface area contributed by atoms with Crippen LogP contribution in [0.15, 0.2) is 42.5 Å². The van der Waals surface area contributed by atoms with Crippen molar-refractivity contribution < 1.29 is 9.84 Å². The van der Waals surface area contributed by atoms with Crippen LogP contribution in [-0.4, -0.2) is 10.1 Å². The number of aliphatic hydroxyl groups excluding tert-OH is 1. The second kappa shape index (κ2) is 5.29. The third-order valence-electron chi connectivity index (χ3n) is 2.20. The van der Waals surface area contributed by atoms with E-state index < -0.39 is 0 Å². The minimum Gasteiger partial charge on any atom is -0.439 e. The lowest BCUT2D eigenvalue weighted by atomic mass is 10.2. The van der Waals surface area contributed by atoms with Crippen molar-refractivity contribution in [3.8, 4) is 11.6 Å². The van der Waals surface area contributed by atoms with Crippen molar-refractivity contribution in [2.75, 3.05) is 5.43 Å². The average molecular weight is 231 g/mol. The zero-order valence-electron chi connectivity index (χ0n) is 9.13. The third kappa shape index (κ3) is 2.93. The molecule has 5 nitrogen and oxygen atoms in total. The van der Waals surface area contributed by atoms with E-state index in [1.165, 1.54) is 0 Å². The molecule has 0 spiro atoms. The minimum atomic E-state index is 0.0190. The van der Waals surface area contributed by atoms with Crippen molar-refractivity contribution in [3.05, 3.63) is 48.0 Å². The molecule has 4 N–H and O–H groups in total. The molecule has 1 aromatic carbocycles. The Morgan fingerprint density at radius 1 is 1.18 bits per heavy atom. The van der Waals surface area contributed by atoms with Crippen LogP contribution in [0.5, 0.6) is 11.6 Å². The van der Waals surface area contributed by atoms with Crippen LogP contribution in [0.4, 0.5) is 5.82 Å². The van der Waals surface area contributed by atoms with E-state index in [2.05, 4.69) is 10.4 Å². The minimum absolute atomic E-state index is 0.0190. The Hall–Kier alpha value is -2.11. The second-order valence-corrected chi connectivity index (χ2v) is 3.41. The molecule has 0 radical (unpaired) electrons. The Labute approximate surface area is 98.8 Å². The van der Waals surface area contributed by atoms with Crippen molar-refractivity contribution >= 4 is 5.82 Å². The number of ether oxygens (including phenoxy) is 1. The first kappa shape index (κ1) is 11.4. The predicted octanol–water partition coefficient (Wildman–Crippen LogP) is 1.65. The van der Waals surface area contributed by atoms with E-state index in [1.807, 2.05) is 0 Å². The van der Waals surface area contributed by atoms with Crippen LogP contribution in [0.1, 0.15) is 5.56 Å². The molecule has 88 valence electrons. The molecule has 0 fully saturated rings. The highest BCUT2D eigenvalue weighted by Gasteiger charge is 2.00. The Kier molecular flexibility index (Phi) is 3.54. The average Bonchev–Trinajstić information content (AvgIpc) is 2.40. The fourth-order valence-corrected chi connectivity index (χ4v) is 1.34. The Morgan fingerprint density at radius 3 is 2.59 bits per heavy atom. The number of nitrogens with one attached hydrogen (secondary N) is 1. The number of hydrogen-bond donors (Lipinski definition) is 3. The number of hydrogen-bond acceptors (Lipinski definition) is 5. The van der Waals surface area contributed by atoms with Gasteiger partial charge in [0.2, 0.25) is 5.88 Å². The smallest absolute Gasteiger partial charge is 0.221 e. The van der Waals surface area contributed by atoms with Gasteiger partial charge in [0.05, 0.1) is 6.61 Å². The zero-order chi connectivity index (χ0) is 12.1. The maximum atomic E-state index is 8.91. The molecule has 2 rings (SSSR count). The lowest BCUT2D eigenvalue weighted by Gasteiger charge is -2.06. The summed E-state index contributed by atoms with van der Waals surface area (Å²) in [7, 11) is 0. The van der Waals surface area contributed by atoms with Gasteiger partial charge < -0.3 is 15.3 Å². The summed E-state index contributed by atoms with van der Waals surface area (Å²) in [6.07, 6.45) is 0. The van der Waals surface area contributed by atoms with E-state index in [-0.39, 0.29) is 6.61 Å². The van der Waals surface area contributed by atoms with Crippen molar-refractivity contribution in [2.45, 2.75) is 6.61 Å². The van der Waals surface area contributed by atoms with Gasteiger partial charge in [-0.05, 0) is 23.8 Å². The fourth-order valence-electron chi connectivity index (χ4n) is 1.34. The summed E-state index contributed by atoms with van der Waals surface area (Å²) in [6.45, 7) is 0.0190. The maximum Gasteiger partial charge on any atom is 0.221 e. The molecule has 0 atom stereocenters. The Morgan fingerprint density at radius 2 is 1.94 bits per heavy atom. The van der Waals surface area contributed by atoms with Gasteiger partial charge >= 0.3 is 0 Å². The summed E-state index contributed by atoms with van der Waals surface area (Å²) in [4.78, 5) is 4.12. The summed E-state index contributed by atoms with van der Waals surface area (Å²) in [6, 6.07) is 12.4. The number of nitrogens with zero attached hydrogens (tertiary/aromatic N) is 1. The Balaban J connectivity index is 2.13. The number of aromatic nitrogens is 1. The van der Waals surface area contributed by atoms with E-state index in [4.69, 9.17) is 15.7 Å². The van der Waals surface area contributed by atoms with Gasteiger partial charge in [0.25, 0.3) is 0 Å². The molecule has 0 aliphatic rings. The molecule has 17 heavy (non-hydrogen) atoms. The molecule has 0 saturated carbocycles. The normalized spacial score (nSPS) is 10.0. The molecular weight excluding hydrogens is 218 g/mol. The van der Waals surface area contributed by atoms with Gasteiger partial charge in [-0.15, -0.1) is 0 Å². The molecule has 0 aliphatic carbocycles. The van der Waals surface area contributed by atoms with Gasteiger partial charge in [-0.3, -0.25) is 0 Å². The van der Waals surface area contributed by atoms with Gasteiger partial charge in [-0.1, -0.05) is 18.2 Å². The van der Waals surface area contributed by atoms with Crippen LogP contribution < -0.4 is 16.0 Å². The molecule has 0 bridgehead atoms. The summed E-state index contributed by atoms with van der Waals surface area (Å²) < 4.78 is 5.53. The molecule has 1 heterocycles. The number of hydrazine groups is 1. The van der Waals surface area contributed by atoms with Crippen molar-refractivity contribution in [1.29, 1.82) is 0 Å². The number of pyridine rings is 1. The number of nitrogen functional groups attached to an aromatic ring is 1. The lowest BCUT2D eigenvalue weighted by molar-refractivity contribution is 0.281. The van der Waals surface area contributed by atoms with Gasteiger partial charge in [0.1, 0.15) is 11.6 Å². The van der Waals surface area contributed by atoms with Crippen molar-refractivity contribution in [2.24, 2.45) is 5.84 Å². The maximum absolute atomic E-state index is 8.91.